The first-order chi connectivity index (χ1) is 12.8. The molecule has 0 unspecified atom stereocenters. The maximum absolute atomic E-state index is 12.9. The second-order valence-electron chi connectivity index (χ2n) is 6.14. The molecule has 0 aliphatic carbocycles. The topological polar surface area (TPSA) is 91.9 Å². The van der Waals surface area contributed by atoms with E-state index in [1.807, 2.05) is 13.0 Å². The van der Waals surface area contributed by atoms with Crippen LogP contribution in [0.15, 0.2) is 58.2 Å². The highest BCUT2D eigenvalue weighted by molar-refractivity contribution is 7.89. The van der Waals surface area contributed by atoms with Gasteiger partial charge in [0.1, 0.15) is 0 Å². The normalized spacial score (nSPS) is 11.5. The highest BCUT2D eigenvalue weighted by atomic mass is 35.5. The molecule has 0 fully saturated rings. The van der Waals surface area contributed by atoms with Gasteiger partial charge in [-0.25, -0.2) is 18.2 Å². The van der Waals surface area contributed by atoms with Crippen molar-refractivity contribution >= 4 is 21.6 Å². The van der Waals surface area contributed by atoms with Crippen molar-refractivity contribution in [2.24, 2.45) is 0 Å². The van der Waals surface area contributed by atoms with Crippen molar-refractivity contribution in [3.63, 3.8) is 0 Å². The van der Waals surface area contributed by atoms with Gasteiger partial charge in [0, 0.05) is 23.2 Å². The molecule has 0 aliphatic heterocycles. The number of aryl methyl sites for hydroxylation is 1. The molecule has 0 atom stereocenters. The number of rotatable bonds is 5. The van der Waals surface area contributed by atoms with Gasteiger partial charge in [-0.1, -0.05) is 29.8 Å². The molecule has 0 saturated heterocycles. The molecular formula is C19H18ClN3O3S. The lowest BCUT2D eigenvalue weighted by Crippen LogP contribution is -2.24. The molecule has 2 N–H and O–H groups in total. The number of nitrogens with zero attached hydrogens (tertiary/aromatic N) is 1. The van der Waals surface area contributed by atoms with Crippen LogP contribution in [0.3, 0.4) is 0 Å². The Bertz CT molecular complexity index is 1140. The monoisotopic (exact) mass is 403 g/mol. The van der Waals surface area contributed by atoms with Crippen molar-refractivity contribution in [3.05, 3.63) is 80.6 Å². The van der Waals surface area contributed by atoms with E-state index in [9.17, 15) is 13.2 Å². The zero-order valence-corrected chi connectivity index (χ0v) is 16.4. The van der Waals surface area contributed by atoms with Crippen molar-refractivity contribution in [1.82, 2.24) is 14.9 Å². The second kappa shape index (κ2) is 7.64. The Balaban J connectivity index is 1.98. The maximum Gasteiger partial charge on any atom is 0.264 e. The van der Waals surface area contributed by atoms with Crippen LogP contribution in [0.1, 0.15) is 16.7 Å². The molecule has 0 amide bonds. The van der Waals surface area contributed by atoms with Gasteiger partial charge >= 0.3 is 0 Å². The van der Waals surface area contributed by atoms with Gasteiger partial charge in [-0.15, -0.1) is 0 Å². The van der Waals surface area contributed by atoms with Crippen LogP contribution < -0.4 is 10.3 Å². The quantitative estimate of drug-likeness (QED) is 0.684. The molecular weight excluding hydrogens is 386 g/mol. The molecule has 1 heterocycles. The van der Waals surface area contributed by atoms with Crippen LogP contribution in [0.2, 0.25) is 5.02 Å². The predicted molar refractivity (Wildman–Crippen MR) is 105 cm³/mol. The summed E-state index contributed by atoms with van der Waals surface area (Å²) in [6.07, 6.45) is 0. The smallest absolute Gasteiger partial charge is 0.264 e. The predicted octanol–water partition coefficient (Wildman–Crippen LogP) is 3.19. The molecule has 0 aliphatic rings. The summed E-state index contributed by atoms with van der Waals surface area (Å²) < 4.78 is 28.4. The van der Waals surface area contributed by atoms with E-state index in [0.717, 1.165) is 5.56 Å². The van der Waals surface area contributed by atoms with E-state index in [2.05, 4.69) is 14.9 Å². The van der Waals surface area contributed by atoms with E-state index in [-0.39, 0.29) is 17.0 Å². The van der Waals surface area contributed by atoms with Gasteiger partial charge in [0.25, 0.3) is 5.56 Å². The molecule has 6 nitrogen and oxygen atoms in total. The second-order valence-corrected chi connectivity index (χ2v) is 8.28. The number of aromatic nitrogens is 2. The molecule has 3 rings (SSSR count). The third kappa shape index (κ3) is 4.27. The van der Waals surface area contributed by atoms with Gasteiger partial charge in [0.2, 0.25) is 10.0 Å². The van der Waals surface area contributed by atoms with Gasteiger partial charge < -0.3 is 0 Å². The van der Waals surface area contributed by atoms with Crippen LogP contribution in [0.4, 0.5) is 0 Å². The Morgan fingerprint density at radius 2 is 1.85 bits per heavy atom. The molecule has 27 heavy (non-hydrogen) atoms. The molecule has 0 spiro atoms. The first-order valence-corrected chi connectivity index (χ1v) is 10.0. The molecule has 1 aromatic heterocycles. The number of nitrogens with one attached hydrogen (secondary N) is 2. The number of hydrogen-bond acceptors (Lipinski definition) is 4. The number of H-pyrrole nitrogens is 1. The third-order valence-corrected chi connectivity index (χ3v) is 6.19. The standard InChI is InChI=1S/C19H18ClN3O3S/c1-12-9-15(17-7-8-19(24)23-22-17)10-18(13(12)2)27(25,26)21-11-14-5-3-4-6-16(14)20/h3-10,21H,11H2,1-2H3,(H,23,24). The van der Waals surface area contributed by atoms with Crippen LogP contribution in [0.25, 0.3) is 11.3 Å². The van der Waals surface area contributed by atoms with Crippen molar-refractivity contribution < 1.29 is 8.42 Å². The SMILES string of the molecule is Cc1cc(-c2ccc(=O)[nH]n2)cc(S(=O)(=O)NCc2ccccc2Cl)c1C. The summed E-state index contributed by atoms with van der Waals surface area (Å²) in [5.41, 5.74) is 2.91. The summed E-state index contributed by atoms with van der Waals surface area (Å²) in [4.78, 5) is 11.4. The number of hydrogen-bond donors (Lipinski definition) is 2. The average molecular weight is 404 g/mol. The zero-order valence-electron chi connectivity index (χ0n) is 14.8. The third-order valence-electron chi connectivity index (χ3n) is 4.29. The Kier molecular flexibility index (Phi) is 5.46. The number of halogens is 1. The summed E-state index contributed by atoms with van der Waals surface area (Å²) in [5.74, 6) is 0. The van der Waals surface area contributed by atoms with E-state index in [1.165, 1.54) is 6.07 Å². The average Bonchev–Trinajstić information content (AvgIpc) is 2.64. The minimum atomic E-state index is -3.78. The maximum atomic E-state index is 12.9. The lowest BCUT2D eigenvalue weighted by molar-refractivity contribution is 0.580. The highest BCUT2D eigenvalue weighted by Gasteiger charge is 2.20. The highest BCUT2D eigenvalue weighted by Crippen LogP contribution is 2.26. The molecule has 140 valence electrons. The van der Waals surface area contributed by atoms with Crippen molar-refractivity contribution in [3.8, 4) is 11.3 Å². The van der Waals surface area contributed by atoms with E-state index < -0.39 is 10.0 Å². The Morgan fingerprint density at radius 3 is 2.52 bits per heavy atom. The number of benzene rings is 2. The largest absolute Gasteiger partial charge is 0.268 e. The summed E-state index contributed by atoms with van der Waals surface area (Å²) >= 11 is 6.10. The van der Waals surface area contributed by atoms with Crippen molar-refractivity contribution in [2.45, 2.75) is 25.3 Å². The summed E-state index contributed by atoms with van der Waals surface area (Å²) in [5, 5.41) is 6.84. The Labute approximate surface area is 162 Å². The van der Waals surface area contributed by atoms with E-state index in [4.69, 9.17) is 11.6 Å². The van der Waals surface area contributed by atoms with Gasteiger partial charge in [-0.05, 0) is 54.8 Å². The molecule has 0 saturated carbocycles. The number of sulfonamides is 1. The van der Waals surface area contributed by atoms with Crippen LogP contribution >= 0.6 is 11.6 Å². The summed E-state index contributed by atoms with van der Waals surface area (Å²) in [6, 6.07) is 13.4. The molecule has 0 bridgehead atoms. The lowest BCUT2D eigenvalue weighted by Gasteiger charge is -2.14. The molecule has 8 heteroatoms. The molecule has 0 radical (unpaired) electrons. The Hall–Kier alpha value is -2.48. The first kappa shape index (κ1) is 19.3. The zero-order chi connectivity index (χ0) is 19.6. The van der Waals surface area contributed by atoms with E-state index in [0.29, 0.717) is 27.4 Å². The van der Waals surface area contributed by atoms with E-state index >= 15 is 0 Å². The van der Waals surface area contributed by atoms with E-state index in [1.54, 1.807) is 43.3 Å². The Morgan fingerprint density at radius 1 is 1.11 bits per heavy atom. The first-order valence-electron chi connectivity index (χ1n) is 8.18. The van der Waals surface area contributed by atoms with Gasteiger partial charge in [0.15, 0.2) is 0 Å². The summed E-state index contributed by atoms with van der Waals surface area (Å²) in [7, 11) is -3.78. The van der Waals surface area contributed by atoms with Crippen LogP contribution in [0, 0.1) is 13.8 Å². The fourth-order valence-electron chi connectivity index (χ4n) is 2.65. The van der Waals surface area contributed by atoms with Crippen molar-refractivity contribution in [2.75, 3.05) is 0 Å². The fourth-order valence-corrected chi connectivity index (χ4v) is 4.20. The molecule has 2 aromatic carbocycles. The van der Waals surface area contributed by atoms with Gasteiger partial charge in [0.05, 0.1) is 10.6 Å². The van der Waals surface area contributed by atoms with Gasteiger partial charge in [-0.3, -0.25) is 4.79 Å². The fraction of sp³-hybridized carbons (Fsp3) is 0.158. The summed E-state index contributed by atoms with van der Waals surface area (Å²) in [6.45, 7) is 3.67. The lowest BCUT2D eigenvalue weighted by atomic mass is 10.0. The number of aromatic amines is 1. The van der Waals surface area contributed by atoms with Crippen LogP contribution in [-0.4, -0.2) is 18.6 Å². The minimum absolute atomic E-state index is 0.0849. The van der Waals surface area contributed by atoms with Crippen molar-refractivity contribution in [1.29, 1.82) is 0 Å². The van der Waals surface area contributed by atoms with Crippen LogP contribution in [-0.2, 0) is 16.6 Å². The van der Waals surface area contributed by atoms with Gasteiger partial charge in [-0.2, -0.15) is 5.10 Å². The molecule has 3 aromatic rings. The van der Waals surface area contributed by atoms with Crippen LogP contribution in [0.5, 0.6) is 0 Å². The minimum Gasteiger partial charge on any atom is -0.268 e.